The molecule has 0 saturated carbocycles. The van der Waals surface area contributed by atoms with Crippen LogP contribution in [0.3, 0.4) is 0 Å². The topological polar surface area (TPSA) is 44.4 Å². The fourth-order valence-electron chi connectivity index (χ4n) is 2.97. The molecule has 136 valence electrons. The van der Waals surface area contributed by atoms with Gasteiger partial charge in [-0.3, -0.25) is 4.79 Å². The van der Waals surface area contributed by atoms with E-state index in [4.69, 9.17) is 12.2 Å². The Bertz CT molecular complexity index is 773. The zero-order valence-electron chi connectivity index (χ0n) is 14.5. The minimum absolute atomic E-state index is 0.0801. The summed E-state index contributed by atoms with van der Waals surface area (Å²) >= 11 is 5.25. The van der Waals surface area contributed by atoms with Crippen molar-refractivity contribution in [2.75, 3.05) is 18.4 Å². The van der Waals surface area contributed by atoms with Crippen LogP contribution in [0.25, 0.3) is 0 Å². The predicted octanol–water partition coefficient (Wildman–Crippen LogP) is 3.94. The number of rotatable bonds is 4. The van der Waals surface area contributed by atoms with Gasteiger partial charge in [0.2, 0.25) is 0 Å². The van der Waals surface area contributed by atoms with Crippen molar-refractivity contribution in [2.24, 2.45) is 0 Å². The third-order valence-corrected chi connectivity index (χ3v) is 4.68. The van der Waals surface area contributed by atoms with Crippen LogP contribution in [-0.4, -0.2) is 29.0 Å². The predicted molar refractivity (Wildman–Crippen MR) is 106 cm³/mol. The number of hydrogen-bond acceptors (Lipinski definition) is 2. The molecular weight excluding hydrogens is 349 g/mol. The molecule has 1 aliphatic rings. The normalized spacial score (nSPS) is 14.0. The molecule has 2 aromatic carbocycles. The van der Waals surface area contributed by atoms with E-state index in [0.29, 0.717) is 22.8 Å². The number of thiocarbonyl (C=S) groups is 1. The number of carbonyl (C=O) groups is 1. The van der Waals surface area contributed by atoms with Gasteiger partial charge in [-0.25, -0.2) is 4.39 Å². The Balaban J connectivity index is 1.52. The lowest BCUT2D eigenvalue weighted by Crippen LogP contribution is -2.35. The molecule has 1 fully saturated rings. The fraction of sp³-hybridized carbons (Fsp3) is 0.300. The average molecular weight is 371 g/mol. The quantitative estimate of drug-likeness (QED) is 0.799. The molecule has 0 unspecified atom stereocenters. The highest BCUT2D eigenvalue weighted by atomic mass is 32.1. The van der Waals surface area contributed by atoms with E-state index in [1.54, 1.807) is 30.3 Å². The zero-order chi connectivity index (χ0) is 18.4. The Hall–Kier alpha value is -2.47. The molecule has 26 heavy (non-hydrogen) atoms. The number of likely N-dealkylation sites (tertiary alicyclic amines) is 1. The fourth-order valence-corrected chi connectivity index (χ4v) is 3.16. The summed E-state index contributed by atoms with van der Waals surface area (Å²) in [7, 11) is 0. The van der Waals surface area contributed by atoms with Crippen LogP contribution in [0, 0.1) is 5.82 Å². The maximum atomic E-state index is 13.6. The van der Waals surface area contributed by atoms with Gasteiger partial charge in [-0.2, -0.15) is 0 Å². The van der Waals surface area contributed by atoms with Crippen LogP contribution in [0.1, 0.15) is 35.2 Å². The van der Waals surface area contributed by atoms with Crippen molar-refractivity contribution >= 4 is 28.9 Å². The van der Waals surface area contributed by atoms with Crippen LogP contribution in [0.4, 0.5) is 10.1 Å². The van der Waals surface area contributed by atoms with Gasteiger partial charge in [0.05, 0.1) is 0 Å². The minimum atomic E-state index is -0.261. The molecule has 0 atom stereocenters. The van der Waals surface area contributed by atoms with Crippen LogP contribution < -0.4 is 10.6 Å². The number of nitrogens with one attached hydrogen (secondary N) is 2. The Kier molecular flexibility index (Phi) is 6.17. The van der Waals surface area contributed by atoms with Gasteiger partial charge in [-0.05, 0) is 61.8 Å². The smallest absolute Gasteiger partial charge is 0.253 e. The number of amides is 1. The van der Waals surface area contributed by atoms with Crippen LogP contribution >= 0.6 is 12.2 Å². The van der Waals surface area contributed by atoms with Crippen molar-refractivity contribution in [1.82, 2.24) is 10.2 Å². The van der Waals surface area contributed by atoms with Crippen LogP contribution in [0.5, 0.6) is 0 Å². The van der Waals surface area contributed by atoms with Gasteiger partial charge >= 0.3 is 0 Å². The number of halogens is 1. The second-order valence-corrected chi connectivity index (χ2v) is 6.74. The Morgan fingerprint density at radius 2 is 1.73 bits per heavy atom. The third-order valence-electron chi connectivity index (χ3n) is 4.43. The minimum Gasteiger partial charge on any atom is -0.358 e. The van der Waals surface area contributed by atoms with Crippen molar-refractivity contribution in [1.29, 1.82) is 0 Å². The zero-order valence-corrected chi connectivity index (χ0v) is 15.3. The van der Waals surface area contributed by atoms with Gasteiger partial charge in [-0.15, -0.1) is 0 Å². The Labute approximate surface area is 158 Å². The lowest BCUT2D eigenvalue weighted by molar-refractivity contribution is 0.0724. The molecule has 1 saturated heterocycles. The number of benzene rings is 2. The highest BCUT2D eigenvalue weighted by molar-refractivity contribution is 7.80. The van der Waals surface area contributed by atoms with E-state index < -0.39 is 0 Å². The monoisotopic (exact) mass is 371 g/mol. The van der Waals surface area contributed by atoms with Gasteiger partial charge in [0.15, 0.2) is 5.11 Å². The molecule has 0 spiro atoms. The SMILES string of the molecule is O=C(c1ccc(NC(=S)NCc2ccccc2F)cc1)N1CCCCC1. The first-order valence-electron chi connectivity index (χ1n) is 8.81. The highest BCUT2D eigenvalue weighted by Gasteiger charge is 2.17. The molecule has 1 amide bonds. The summed E-state index contributed by atoms with van der Waals surface area (Å²) in [5.41, 5.74) is 2.02. The van der Waals surface area contributed by atoms with Crippen molar-refractivity contribution < 1.29 is 9.18 Å². The summed E-state index contributed by atoms with van der Waals surface area (Å²) in [4.78, 5) is 14.4. The maximum Gasteiger partial charge on any atom is 0.253 e. The molecule has 0 aromatic heterocycles. The molecule has 2 N–H and O–H groups in total. The highest BCUT2D eigenvalue weighted by Crippen LogP contribution is 2.15. The van der Waals surface area contributed by atoms with E-state index in [1.165, 1.54) is 12.5 Å². The van der Waals surface area contributed by atoms with Crippen LogP contribution in [-0.2, 0) is 6.54 Å². The summed E-state index contributed by atoms with van der Waals surface area (Å²) in [6.07, 6.45) is 3.35. The molecular formula is C20H22FN3OS. The first kappa shape index (κ1) is 18.3. The Morgan fingerprint density at radius 1 is 1.04 bits per heavy atom. The molecule has 2 aromatic rings. The molecule has 3 rings (SSSR count). The second-order valence-electron chi connectivity index (χ2n) is 6.33. The summed E-state index contributed by atoms with van der Waals surface area (Å²) in [5, 5.41) is 6.44. The van der Waals surface area contributed by atoms with Gasteiger partial charge in [0.1, 0.15) is 5.82 Å². The van der Waals surface area contributed by atoms with E-state index in [0.717, 1.165) is 31.6 Å². The van der Waals surface area contributed by atoms with E-state index >= 15 is 0 Å². The first-order chi connectivity index (χ1) is 12.6. The number of piperidine rings is 1. The summed E-state index contributed by atoms with van der Waals surface area (Å²) < 4.78 is 13.6. The van der Waals surface area contributed by atoms with Gasteiger partial charge in [0.25, 0.3) is 5.91 Å². The average Bonchev–Trinajstić information content (AvgIpc) is 2.68. The molecule has 0 bridgehead atoms. The maximum absolute atomic E-state index is 13.6. The largest absolute Gasteiger partial charge is 0.358 e. The summed E-state index contributed by atoms with van der Waals surface area (Å²) in [6, 6.07) is 13.8. The van der Waals surface area contributed by atoms with Crippen LogP contribution in [0.15, 0.2) is 48.5 Å². The van der Waals surface area contributed by atoms with Crippen molar-refractivity contribution in [2.45, 2.75) is 25.8 Å². The molecule has 1 aliphatic heterocycles. The van der Waals surface area contributed by atoms with Crippen LogP contribution in [0.2, 0.25) is 0 Å². The summed E-state index contributed by atoms with van der Waals surface area (Å²) in [6.45, 7) is 1.98. The van der Waals surface area contributed by atoms with E-state index in [-0.39, 0.29) is 11.7 Å². The number of hydrogen-bond donors (Lipinski definition) is 2. The lowest BCUT2D eigenvalue weighted by atomic mass is 10.1. The number of carbonyl (C=O) groups excluding carboxylic acids is 1. The Morgan fingerprint density at radius 3 is 2.42 bits per heavy atom. The van der Waals surface area contributed by atoms with E-state index in [9.17, 15) is 9.18 Å². The van der Waals surface area contributed by atoms with Crippen molar-refractivity contribution in [3.05, 3.63) is 65.5 Å². The molecule has 4 nitrogen and oxygen atoms in total. The van der Waals surface area contributed by atoms with Gasteiger partial charge in [-0.1, -0.05) is 18.2 Å². The second kappa shape index (κ2) is 8.76. The molecule has 6 heteroatoms. The summed E-state index contributed by atoms with van der Waals surface area (Å²) in [5.74, 6) is -0.181. The number of nitrogens with zero attached hydrogens (tertiary/aromatic N) is 1. The van der Waals surface area contributed by atoms with E-state index in [2.05, 4.69) is 10.6 Å². The standard InChI is InChI=1S/C20H22FN3OS/c21-18-7-3-2-6-16(18)14-22-20(26)23-17-10-8-15(9-11-17)19(25)24-12-4-1-5-13-24/h2-3,6-11H,1,4-5,12-14H2,(H2,22,23,26). The van der Waals surface area contributed by atoms with Gasteiger partial charge < -0.3 is 15.5 Å². The third kappa shape index (κ3) is 4.79. The number of anilines is 1. The van der Waals surface area contributed by atoms with Crippen molar-refractivity contribution in [3.63, 3.8) is 0 Å². The van der Waals surface area contributed by atoms with E-state index in [1.807, 2.05) is 17.0 Å². The lowest BCUT2D eigenvalue weighted by Gasteiger charge is -2.26. The molecule has 0 radical (unpaired) electrons. The van der Waals surface area contributed by atoms with Gasteiger partial charge in [0, 0.05) is 36.4 Å². The van der Waals surface area contributed by atoms with Crippen molar-refractivity contribution in [3.8, 4) is 0 Å². The first-order valence-corrected chi connectivity index (χ1v) is 9.22. The molecule has 1 heterocycles. The molecule has 0 aliphatic carbocycles.